The van der Waals surface area contributed by atoms with Crippen molar-refractivity contribution in [2.24, 2.45) is 0 Å². The van der Waals surface area contributed by atoms with Crippen molar-refractivity contribution < 1.29 is 22.7 Å². The van der Waals surface area contributed by atoms with E-state index < -0.39 is 16.0 Å². The van der Waals surface area contributed by atoms with Gasteiger partial charge in [-0.2, -0.15) is 4.31 Å². The summed E-state index contributed by atoms with van der Waals surface area (Å²) >= 11 is 0. The summed E-state index contributed by atoms with van der Waals surface area (Å²) in [6, 6.07) is 5.38. The van der Waals surface area contributed by atoms with Crippen LogP contribution < -0.4 is 0 Å². The van der Waals surface area contributed by atoms with Gasteiger partial charge in [-0.05, 0) is 49.4 Å². The SMILES string of the molecule is C/C=C/C=C/C(=O)OCC(=O)N1CCN(S(=O)(=O)c2ccc3c(c2)CCC3)CC1. The molecule has 1 fully saturated rings. The Hall–Kier alpha value is -2.45. The summed E-state index contributed by atoms with van der Waals surface area (Å²) in [6.07, 6.45) is 9.23. The van der Waals surface area contributed by atoms with Gasteiger partial charge in [-0.3, -0.25) is 4.79 Å². The van der Waals surface area contributed by atoms with E-state index in [1.54, 1.807) is 24.3 Å². The molecule has 7 nitrogen and oxygen atoms in total. The highest BCUT2D eigenvalue weighted by Crippen LogP contribution is 2.26. The number of benzene rings is 1. The van der Waals surface area contributed by atoms with E-state index in [1.807, 2.05) is 13.0 Å². The van der Waals surface area contributed by atoms with Crippen LogP contribution in [-0.4, -0.2) is 62.3 Å². The summed E-state index contributed by atoms with van der Waals surface area (Å²) in [6.45, 7) is 2.46. The van der Waals surface area contributed by atoms with Crippen molar-refractivity contribution in [3.63, 3.8) is 0 Å². The first kappa shape index (κ1) is 21.3. The van der Waals surface area contributed by atoms with Crippen molar-refractivity contribution in [3.8, 4) is 0 Å². The minimum atomic E-state index is -3.58. The minimum Gasteiger partial charge on any atom is -0.452 e. The molecule has 0 spiro atoms. The van der Waals surface area contributed by atoms with E-state index in [4.69, 9.17) is 4.74 Å². The van der Waals surface area contributed by atoms with Gasteiger partial charge < -0.3 is 9.64 Å². The highest BCUT2D eigenvalue weighted by atomic mass is 32.2. The molecule has 1 aliphatic carbocycles. The molecule has 1 aromatic rings. The molecule has 29 heavy (non-hydrogen) atoms. The number of amides is 1. The number of esters is 1. The fourth-order valence-corrected chi connectivity index (χ4v) is 5.03. The summed E-state index contributed by atoms with van der Waals surface area (Å²) < 4.78 is 32.2. The minimum absolute atomic E-state index is 0.223. The normalized spacial score (nSPS) is 17.8. The Bertz CT molecular complexity index is 928. The molecule has 0 radical (unpaired) electrons. The maximum Gasteiger partial charge on any atom is 0.331 e. The average Bonchev–Trinajstić information content (AvgIpc) is 3.20. The number of fused-ring (bicyclic) bond motifs is 1. The number of sulfonamides is 1. The van der Waals surface area contributed by atoms with E-state index in [0.29, 0.717) is 4.90 Å². The first-order valence-corrected chi connectivity index (χ1v) is 11.2. The second-order valence-electron chi connectivity index (χ2n) is 7.06. The zero-order valence-corrected chi connectivity index (χ0v) is 17.4. The van der Waals surface area contributed by atoms with E-state index >= 15 is 0 Å². The van der Waals surface area contributed by atoms with Crippen LogP contribution in [-0.2, 0) is 37.2 Å². The van der Waals surface area contributed by atoms with Crippen molar-refractivity contribution in [3.05, 3.63) is 53.6 Å². The van der Waals surface area contributed by atoms with Crippen LogP contribution in [0.25, 0.3) is 0 Å². The predicted octanol–water partition coefficient (Wildman–Crippen LogP) is 1.68. The number of aryl methyl sites for hydroxylation is 2. The number of hydrogen-bond donors (Lipinski definition) is 0. The van der Waals surface area contributed by atoms with E-state index in [2.05, 4.69) is 0 Å². The molecule has 1 saturated heterocycles. The van der Waals surface area contributed by atoms with Crippen molar-refractivity contribution >= 4 is 21.9 Å². The topological polar surface area (TPSA) is 84.0 Å². The lowest BCUT2D eigenvalue weighted by Crippen LogP contribution is -2.51. The quantitative estimate of drug-likeness (QED) is 0.399. The van der Waals surface area contributed by atoms with E-state index in [-0.39, 0.29) is 38.7 Å². The van der Waals surface area contributed by atoms with Crippen LogP contribution in [0.5, 0.6) is 0 Å². The Morgan fingerprint density at radius 2 is 1.79 bits per heavy atom. The van der Waals surface area contributed by atoms with Crippen molar-refractivity contribution in [2.45, 2.75) is 31.1 Å². The van der Waals surface area contributed by atoms with Crippen LogP contribution in [0, 0.1) is 0 Å². The van der Waals surface area contributed by atoms with Crippen LogP contribution in [0.15, 0.2) is 47.4 Å². The fourth-order valence-electron chi connectivity index (χ4n) is 3.55. The van der Waals surface area contributed by atoms with Crippen molar-refractivity contribution in [2.75, 3.05) is 32.8 Å². The van der Waals surface area contributed by atoms with E-state index in [0.717, 1.165) is 24.8 Å². The molecule has 8 heteroatoms. The van der Waals surface area contributed by atoms with Gasteiger partial charge in [-0.25, -0.2) is 13.2 Å². The molecule has 1 amide bonds. The maximum absolute atomic E-state index is 12.9. The Morgan fingerprint density at radius 3 is 2.52 bits per heavy atom. The second-order valence-corrected chi connectivity index (χ2v) is 9.00. The zero-order chi connectivity index (χ0) is 20.9. The second kappa shape index (κ2) is 9.37. The summed E-state index contributed by atoms with van der Waals surface area (Å²) in [4.78, 5) is 25.6. The molecule has 2 aliphatic rings. The van der Waals surface area contributed by atoms with Crippen LogP contribution in [0.3, 0.4) is 0 Å². The Kier molecular flexibility index (Phi) is 6.87. The molecule has 1 aromatic carbocycles. The van der Waals surface area contributed by atoms with Gasteiger partial charge >= 0.3 is 5.97 Å². The molecule has 0 N–H and O–H groups in total. The standard InChI is InChI=1S/C21H26N2O5S/c1-2-3-4-8-21(25)28-16-20(24)22-11-13-23(14-12-22)29(26,27)19-10-9-17-6-5-7-18(17)15-19/h2-4,8-10,15H,5-7,11-14,16H2,1H3/b3-2+,8-4+. The lowest BCUT2D eigenvalue weighted by molar-refractivity contribution is -0.148. The van der Waals surface area contributed by atoms with Gasteiger partial charge in [0.2, 0.25) is 10.0 Å². The largest absolute Gasteiger partial charge is 0.452 e. The van der Waals surface area contributed by atoms with Crippen LogP contribution in [0.4, 0.5) is 0 Å². The molecule has 1 heterocycles. The van der Waals surface area contributed by atoms with Gasteiger partial charge in [0.25, 0.3) is 5.91 Å². The predicted molar refractivity (Wildman–Crippen MR) is 109 cm³/mol. The Morgan fingerprint density at radius 1 is 1.07 bits per heavy atom. The molecule has 3 rings (SSSR count). The number of nitrogens with zero attached hydrogens (tertiary/aromatic N) is 2. The molecule has 0 aromatic heterocycles. The fraction of sp³-hybridized carbons (Fsp3) is 0.429. The molecule has 1 aliphatic heterocycles. The van der Waals surface area contributed by atoms with Gasteiger partial charge in [0.15, 0.2) is 6.61 Å². The Balaban J connectivity index is 1.53. The molecule has 0 bridgehead atoms. The Labute approximate surface area is 171 Å². The highest BCUT2D eigenvalue weighted by Gasteiger charge is 2.31. The summed E-state index contributed by atoms with van der Waals surface area (Å²) in [5, 5.41) is 0. The number of hydrogen-bond acceptors (Lipinski definition) is 5. The summed E-state index contributed by atoms with van der Waals surface area (Å²) in [7, 11) is -3.58. The monoisotopic (exact) mass is 418 g/mol. The highest BCUT2D eigenvalue weighted by molar-refractivity contribution is 7.89. The zero-order valence-electron chi connectivity index (χ0n) is 16.5. The number of piperazine rings is 1. The molecule has 0 atom stereocenters. The van der Waals surface area contributed by atoms with E-state index in [9.17, 15) is 18.0 Å². The van der Waals surface area contributed by atoms with Crippen LogP contribution >= 0.6 is 0 Å². The van der Waals surface area contributed by atoms with Crippen molar-refractivity contribution in [1.82, 2.24) is 9.21 Å². The first-order chi connectivity index (χ1) is 13.9. The number of carbonyl (C=O) groups is 2. The van der Waals surface area contributed by atoms with Crippen LogP contribution in [0.2, 0.25) is 0 Å². The summed E-state index contributed by atoms with van der Waals surface area (Å²) in [5.74, 6) is -0.915. The lowest BCUT2D eigenvalue weighted by atomic mass is 10.1. The first-order valence-electron chi connectivity index (χ1n) is 9.77. The third kappa shape index (κ3) is 5.13. The summed E-state index contributed by atoms with van der Waals surface area (Å²) in [5.41, 5.74) is 2.35. The molecule has 0 saturated carbocycles. The van der Waals surface area contributed by atoms with E-state index in [1.165, 1.54) is 26.9 Å². The number of carbonyl (C=O) groups excluding carboxylic acids is 2. The van der Waals surface area contributed by atoms with Crippen LogP contribution in [0.1, 0.15) is 24.5 Å². The van der Waals surface area contributed by atoms with Gasteiger partial charge in [-0.15, -0.1) is 0 Å². The third-order valence-corrected chi connectivity index (χ3v) is 7.07. The number of rotatable bonds is 6. The number of allylic oxidation sites excluding steroid dienone is 3. The lowest BCUT2D eigenvalue weighted by Gasteiger charge is -2.33. The van der Waals surface area contributed by atoms with Gasteiger partial charge in [-0.1, -0.05) is 24.3 Å². The maximum atomic E-state index is 12.9. The number of ether oxygens (including phenoxy) is 1. The van der Waals surface area contributed by atoms with Gasteiger partial charge in [0.1, 0.15) is 0 Å². The third-order valence-electron chi connectivity index (χ3n) is 5.17. The average molecular weight is 419 g/mol. The molecular weight excluding hydrogens is 392 g/mol. The van der Waals surface area contributed by atoms with Gasteiger partial charge in [0.05, 0.1) is 4.90 Å². The van der Waals surface area contributed by atoms with Gasteiger partial charge in [0, 0.05) is 32.3 Å². The molecule has 156 valence electrons. The molecule has 0 unspecified atom stereocenters. The smallest absolute Gasteiger partial charge is 0.331 e. The molecular formula is C21H26N2O5S. The van der Waals surface area contributed by atoms with Crippen molar-refractivity contribution in [1.29, 1.82) is 0 Å².